The first-order valence-corrected chi connectivity index (χ1v) is 5.36. The summed E-state index contributed by atoms with van der Waals surface area (Å²) < 4.78 is 35.0. The number of hydrogen-bond acceptors (Lipinski definition) is 3. The number of anilines is 1. The highest BCUT2D eigenvalue weighted by Gasteiger charge is 2.08. The largest absolute Gasteiger partial charge is 0.760 e. The number of rotatable bonds is 3. The topological polar surface area (TPSA) is 69.4 Å². The molecule has 0 aromatic heterocycles. The van der Waals surface area contributed by atoms with E-state index in [-0.39, 0.29) is 17.3 Å². The molecule has 84 valence electrons. The lowest BCUT2D eigenvalue weighted by molar-refractivity contribution is 0.430. The monoisotopic (exact) mass is 251 g/mol. The Morgan fingerprint density at radius 3 is 2.80 bits per heavy atom. The van der Waals surface area contributed by atoms with Gasteiger partial charge in [0.15, 0.2) is 0 Å². The third-order valence-electron chi connectivity index (χ3n) is 1.81. The van der Waals surface area contributed by atoms with E-state index in [1.165, 1.54) is 13.1 Å². The van der Waals surface area contributed by atoms with Gasteiger partial charge in [0.1, 0.15) is 5.82 Å². The van der Waals surface area contributed by atoms with Crippen LogP contribution in [0.15, 0.2) is 12.1 Å². The third kappa shape index (κ3) is 3.13. The van der Waals surface area contributed by atoms with E-state index in [1.54, 1.807) is 0 Å². The lowest BCUT2D eigenvalue weighted by Gasteiger charge is -2.19. The molecule has 0 bridgehead atoms. The van der Waals surface area contributed by atoms with Crippen LogP contribution in [-0.4, -0.2) is 20.1 Å². The minimum atomic E-state index is -2.34. The molecule has 1 aromatic rings. The molecule has 0 saturated carbocycles. The highest BCUT2D eigenvalue weighted by atomic mass is 35.5. The normalized spacial score (nSPS) is 13.1. The molecule has 1 rings (SSSR count). The number of halogens is 2. The van der Waals surface area contributed by atoms with Crippen LogP contribution in [0.5, 0.6) is 0 Å². The van der Waals surface area contributed by atoms with Gasteiger partial charge in [-0.15, -0.1) is 0 Å². The van der Waals surface area contributed by atoms with Crippen molar-refractivity contribution in [3.8, 4) is 0 Å². The van der Waals surface area contributed by atoms with Crippen molar-refractivity contribution in [3.63, 3.8) is 0 Å². The van der Waals surface area contributed by atoms with Gasteiger partial charge in [-0.25, -0.2) is 8.70 Å². The first-order valence-electron chi connectivity index (χ1n) is 3.95. The molecule has 0 radical (unpaired) electrons. The van der Waals surface area contributed by atoms with Gasteiger partial charge in [0.05, 0.1) is 5.69 Å². The van der Waals surface area contributed by atoms with Crippen LogP contribution < -0.4 is 5.73 Å². The van der Waals surface area contributed by atoms with Crippen LogP contribution in [0.3, 0.4) is 0 Å². The van der Waals surface area contributed by atoms with E-state index in [1.807, 2.05) is 0 Å². The van der Waals surface area contributed by atoms with E-state index in [0.29, 0.717) is 5.56 Å². The fraction of sp³-hybridized carbons (Fsp3) is 0.250. The average Bonchev–Trinajstić information content (AvgIpc) is 2.13. The summed E-state index contributed by atoms with van der Waals surface area (Å²) in [5, 5.41) is 0.152. The van der Waals surface area contributed by atoms with E-state index < -0.39 is 17.1 Å². The van der Waals surface area contributed by atoms with Gasteiger partial charge in [0.25, 0.3) is 0 Å². The van der Waals surface area contributed by atoms with Gasteiger partial charge in [-0.05, 0) is 24.7 Å². The highest BCUT2D eigenvalue weighted by Crippen LogP contribution is 2.23. The number of nitrogen functional groups attached to an aromatic ring is 1. The second kappa shape index (κ2) is 4.89. The van der Waals surface area contributed by atoms with E-state index in [4.69, 9.17) is 17.3 Å². The van der Waals surface area contributed by atoms with Crippen molar-refractivity contribution in [2.75, 3.05) is 12.8 Å². The highest BCUT2D eigenvalue weighted by molar-refractivity contribution is 7.76. The molecule has 1 atom stereocenters. The third-order valence-corrected chi connectivity index (χ3v) is 2.80. The van der Waals surface area contributed by atoms with Gasteiger partial charge in [0.2, 0.25) is 0 Å². The summed E-state index contributed by atoms with van der Waals surface area (Å²) in [6, 6.07) is 2.38. The summed E-state index contributed by atoms with van der Waals surface area (Å²) >= 11 is 3.39. The molecule has 4 nitrogen and oxygen atoms in total. The Labute approximate surface area is 94.2 Å². The van der Waals surface area contributed by atoms with Crippen molar-refractivity contribution in [1.29, 1.82) is 0 Å². The second-order valence-electron chi connectivity index (χ2n) is 2.97. The SMILES string of the molecule is CN(Cc1cc(N)c(F)cc1Cl)S(=O)[O-]. The van der Waals surface area contributed by atoms with Crippen molar-refractivity contribution < 1.29 is 13.2 Å². The van der Waals surface area contributed by atoms with Crippen LogP contribution in [-0.2, 0) is 17.8 Å². The molecule has 0 spiro atoms. The predicted molar refractivity (Wildman–Crippen MR) is 56.2 cm³/mol. The Morgan fingerprint density at radius 2 is 2.27 bits per heavy atom. The molecule has 1 unspecified atom stereocenters. The molecule has 1 aromatic carbocycles. The minimum Gasteiger partial charge on any atom is -0.760 e. The van der Waals surface area contributed by atoms with Gasteiger partial charge in [-0.2, -0.15) is 0 Å². The van der Waals surface area contributed by atoms with Crippen LogP contribution >= 0.6 is 11.6 Å². The van der Waals surface area contributed by atoms with Crippen molar-refractivity contribution >= 4 is 28.6 Å². The van der Waals surface area contributed by atoms with Gasteiger partial charge in [0, 0.05) is 22.8 Å². The van der Waals surface area contributed by atoms with E-state index >= 15 is 0 Å². The summed E-state index contributed by atoms with van der Waals surface area (Å²) in [5.74, 6) is -0.616. The molecule has 0 fully saturated rings. The molecule has 0 amide bonds. The molecule has 2 N–H and O–H groups in total. The standard InChI is InChI=1S/C8H10ClFN2O2S/c1-12(15(13)14)4-5-2-8(11)7(10)3-6(5)9/h2-3H,4,11H2,1H3,(H,13,14)/p-1. The zero-order valence-electron chi connectivity index (χ0n) is 7.87. The van der Waals surface area contributed by atoms with Crippen molar-refractivity contribution in [3.05, 3.63) is 28.5 Å². The second-order valence-corrected chi connectivity index (χ2v) is 4.43. The minimum absolute atomic E-state index is 0.0550. The Hall–Kier alpha value is -0.690. The Kier molecular flexibility index (Phi) is 4.04. The van der Waals surface area contributed by atoms with Crippen LogP contribution in [0, 0.1) is 5.82 Å². The molecule has 0 saturated heterocycles. The number of benzene rings is 1. The maximum absolute atomic E-state index is 12.9. The summed E-state index contributed by atoms with van der Waals surface area (Å²) in [5.41, 5.74) is 5.74. The van der Waals surface area contributed by atoms with E-state index in [2.05, 4.69) is 0 Å². The summed E-state index contributed by atoms with van der Waals surface area (Å²) in [6.07, 6.45) is 0. The Morgan fingerprint density at radius 1 is 1.67 bits per heavy atom. The Bertz CT molecular complexity index is 402. The lowest BCUT2D eigenvalue weighted by Crippen LogP contribution is -2.20. The first-order chi connectivity index (χ1) is 6.91. The lowest BCUT2D eigenvalue weighted by atomic mass is 10.2. The number of nitrogens with zero attached hydrogens (tertiary/aromatic N) is 1. The molecule has 7 heteroatoms. The maximum Gasteiger partial charge on any atom is 0.147 e. The van der Waals surface area contributed by atoms with Crippen LogP contribution in [0.1, 0.15) is 5.56 Å². The maximum atomic E-state index is 12.9. The zero-order valence-corrected chi connectivity index (χ0v) is 9.44. The summed E-state index contributed by atoms with van der Waals surface area (Å²) in [7, 11) is 1.37. The van der Waals surface area contributed by atoms with E-state index in [9.17, 15) is 13.2 Å². The smallest absolute Gasteiger partial charge is 0.147 e. The molecule has 0 aliphatic carbocycles. The average molecular weight is 252 g/mol. The van der Waals surface area contributed by atoms with Crippen molar-refractivity contribution in [2.24, 2.45) is 0 Å². The van der Waals surface area contributed by atoms with Crippen LogP contribution in [0.25, 0.3) is 0 Å². The van der Waals surface area contributed by atoms with Crippen molar-refractivity contribution in [2.45, 2.75) is 6.54 Å². The molecule has 0 heterocycles. The molecule has 0 aliphatic heterocycles. The van der Waals surface area contributed by atoms with Crippen molar-refractivity contribution in [1.82, 2.24) is 4.31 Å². The molecule has 0 aliphatic rings. The Balaban J connectivity index is 2.95. The molecule has 15 heavy (non-hydrogen) atoms. The fourth-order valence-corrected chi connectivity index (χ4v) is 1.48. The first kappa shape index (κ1) is 12.4. The number of nitrogens with two attached hydrogens (primary N) is 1. The summed E-state index contributed by atoms with van der Waals surface area (Å²) in [4.78, 5) is 0. The fourth-order valence-electron chi connectivity index (χ4n) is 1.03. The summed E-state index contributed by atoms with van der Waals surface area (Å²) in [6.45, 7) is 0.0550. The van der Waals surface area contributed by atoms with Gasteiger partial charge < -0.3 is 10.3 Å². The molecular formula is C8H9ClFN2O2S-. The van der Waals surface area contributed by atoms with E-state index in [0.717, 1.165) is 10.4 Å². The van der Waals surface area contributed by atoms with Gasteiger partial charge in [-0.1, -0.05) is 11.6 Å². The quantitative estimate of drug-likeness (QED) is 0.650. The van der Waals surface area contributed by atoms with Gasteiger partial charge in [-0.3, -0.25) is 4.21 Å². The zero-order chi connectivity index (χ0) is 11.6. The van der Waals surface area contributed by atoms with Crippen LogP contribution in [0.2, 0.25) is 5.02 Å². The molecular weight excluding hydrogens is 243 g/mol. The number of hydrogen-bond donors (Lipinski definition) is 1. The van der Waals surface area contributed by atoms with Crippen LogP contribution in [0.4, 0.5) is 10.1 Å². The van der Waals surface area contributed by atoms with Gasteiger partial charge >= 0.3 is 0 Å². The predicted octanol–water partition coefficient (Wildman–Crippen LogP) is 1.29.